The summed E-state index contributed by atoms with van der Waals surface area (Å²) in [5.41, 5.74) is 3.33. The second-order valence-electron chi connectivity index (χ2n) is 8.88. The Morgan fingerprint density at radius 2 is 1.90 bits per heavy atom. The molecule has 3 fully saturated rings. The van der Waals surface area contributed by atoms with Crippen molar-refractivity contribution < 1.29 is 9.59 Å². The quantitative estimate of drug-likeness (QED) is 0.502. The molecule has 1 N–H and O–H groups in total. The average molecular weight is 386 g/mol. The number of piperidine rings is 3. The number of rotatable bonds is 5. The smallest absolute Gasteiger partial charge is 0.131 e. The van der Waals surface area contributed by atoms with Crippen molar-refractivity contribution in [1.82, 2.24) is 4.98 Å². The van der Waals surface area contributed by atoms with Crippen molar-refractivity contribution in [2.75, 3.05) is 13.1 Å². The molecule has 0 saturated carbocycles. The first-order chi connectivity index (χ1) is 14.2. The van der Waals surface area contributed by atoms with Gasteiger partial charge in [-0.3, -0.25) is 4.98 Å². The summed E-state index contributed by atoms with van der Waals surface area (Å²) >= 11 is 0. The average Bonchev–Trinajstić information content (AvgIpc) is 2.78. The van der Waals surface area contributed by atoms with Crippen LogP contribution >= 0.6 is 0 Å². The fourth-order valence-corrected chi connectivity index (χ4v) is 5.91. The molecule has 2 aromatic carbocycles. The van der Waals surface area contributed by atoms with Crippen LogP contribution in [0.4, 0.5) is 0 Å². The zero-order valence-corrected chi connectivity index (χ0v) is 16.8. The lowest BCUT2D eigenvalue weighted by Crippen LogP contribution is -2.67. The van der Waals surface area contributed by atoms with E-state index in [4.69, 9.17) is 0 Å². The number of aliphatic hydroxyl groups is 1. The first-order valence-electron chi connectivity index (χ1n) is 10.7. The maximum absolute atomic E-state index is 11.7. The van der Waals surface area contributed by atoms with Crippen molar-refractivity contribution in [3.8, 4) is 0 Å². The Balaban J connectivity index is 1.56. The van der Waals surface area contributed by atoms with E-state index < -0.39 is 6.10 Å². The molecule has 148 valence electrons. The van der Waals surface area contributed by atoms with Gasteiger partial charge >= 0.3 is 0 Å². The van der Waals surface area contributed by atoms with E-state index in [2.05, 4.69) is 54.0 Å². The Bertz CT molecular complexity index is 1010. The molecule has 6 rings (SSSR count). The van der Waals surface area contributed by atoms with Crippen LogP contribution in [0.25, 0.3) is 10.9 Å². The van der Waals surface area contributed by atoms with Crippen LogP contribution < -0.4 is 0 Å². The summed E-state index contributed by atoms with van der Waals surface area (Å²) in [5.74, 6) is 1.18. The molecule has 1 aromatic heterocycles. The minimum atomic E-state index is -0.486. The van der Waals surface area contributed by atoms with Crippen molar-refractivity contribution in [1.29, 1.82) is 0 Å². The number of nitrogens with zero attached hydrogens (tertiary/aromatic N) is 2. The maximum Gasteiger partial charge on any atom is 0.131 e. The van der Waals surface area contributed by atoms with Crippen molar-refractivity contribution >= 4 is 10.9 Å². The van der Waals surface area contributed by atoms with Gasteiger partial charge in [0.1, 0.15) is 18.7 Å². The number of aliphatic hydroxyl groups excluding tert-OH is 1. The molecule has 0 aliphatic carbocycles. The number of pyridine rings is 1. The highest BCUT2D eigenvalue weighted by atomic mass is 16.3. The second kappa shape index (κ2) is 7.40. The Kier molecular flexibility index (Phi) is 4.73. The zero-order valence-electron chi connectivity index (χ0n) is 16.8. The standard InChI is InChI=1S/C26H29N2O/c1-2-20-18-28(17-19-8-4-3-5-9-19)15-13-21(20)16-25(28)26(29)23-12-14-27-24-11-7-6-10-22(23)24/h2-12,14,20-21,25-26,29H,1,13,15-18H2/q+1. The summed E-state index contributed by atoms with van der Waals surface area (Å²) in [6.45, 7) is 7.32. The van der Waals surface area contributed by atoms with Crippen molar-refractivity contribution in [3.63, 3.8) is 0 Å². The number of aromatic nitrogens is 1. The summed E-state index contributed by atoms with van der Waals surface area (Å²) < 4.78 is 0.953. The lowest BCUT2D eigenvalue weighted by Gasteiger charge is -2.58. The molecule has 3 nitrogen and oxygen atoms in total. The molecule has 3 aliphatic rings. The molecule has 0 amide bonds. The number of hydrogen-bond acceptors (Lipinski definition) is 2. The van der Waals surface area contributed by atoms with Crippen LogP contribution in [0.5, 0.6) is 0 Å². The van der Waals surface area contributed by atoms with Crippen LogP contribution in [0.15, 0.2) is 79.5 Å². The van der Waals surface area contributed by atoms with Crippen LogP contribution in [0, 0.1) is 11.8 Å². The third-order valence-corrected chi connectivity index (χ3v) is 7.38. The van der Waals surface area contributed by atoms with Gasteiger partial charge in [-0.05, 0) is 23.6 Å². The number of para-hydroxylation sites is 1. The Morgan fingerprint density at radius 3 is 2.72 bits per heavy atom. The molecule has 3 saturated heterocycles. The summed E-state index contributed by atoms with van der Waals surface area (Å²) in [7, 11) is 0. The normalized spacial score (nSPS) is 29.6. The van der Waals surface area contributed by atoms with E-state index in [-0.39, 0.29) is 6.04 Å². The lowest BCUT2D eigenvalue weighted by atomic mass is 9.71. The number of benzene rings is 2. The van der Waals surface area contributed by atoms with Gasteiger partial charge < -0.3 is 9.59 Å². The topological polar surface area (TPSA) is 33.1 Å². The van der Waals surface area contributed by atoms with Gasteiger partial charge in [0.05, 0.1) is 18.6 Å². The molecule has 3 aromatic rings. The van der Waals surface area contributed by atoms with Gasteiger partial charge in [-0.2, -0.15) is 0 Å². The van der Waals surface area contributed by atoms with E-state index in [9.17, 15) is 5.11 Å². The van der Waals surface area contributed by atoms with Gasteiger partial charge in [-0.15, -0.1) is 6.58 Å². The van der Waals surface area contributed by atoms with Gasteiger partial charge in [0.25, 0.3) is 0 Å². The lowest BCUT2D eigenvalue weighted by molar-refractivity contribution is -0.984. The maximum atomic E-state index is 11.7. The Hall–Kier alpha value is -2.49. The molecule has 5 unspecified atom stereocenters. The summed E-state index contributed by atoms with van der Waals surface area (Å²) in [4.78, 5) is 4.50. The molecular weight excluding hydrogens is 356 g/mol. The predicted octanol–water partition coefficient (Wildman–Crippen LogP) is 4.88. The van der Waals surface area contributed by atoms with E-state index in [1.54, 1.807) is 0 Å². The van der Waals surface area contributed by atoms with E-state index >= 15 is 0 Å². The highest BCUT2D eigenvalue weighted by Gasteiger charge is 2.53. The van der Waals surface area contributed by atoms with Gasteiger partial charge in [-0.25, -0.2) is 0 Å². The number of hydrogen-bond donors (Lipinski definition) is 1. The van der Waals surface area contributed by atoms with Gasteiger partial charge in [0.15, 0.2) is 0 Å². The molecule has 29 heavy (non-hydrogen) atoms. The van der Waals surface area contributed by atoms with E-state index in [0.717, 1.165) is 47.0 Å². The largest absolute Gasteiger partial charge is 0.382 e. The van der Waals surface area contributed by atoms with Gasteiger partial charge in [0.2, 0.25) is 0 Å². The summed E-state index contributed by atoms with van der Waals surface area (Å²) in [5, 5.41) is 12.8. The van der Waals surface area contributed by atoms with Crippen LogP contribution in [0.1, 0.15) is 30.1 Å². The first-order valence-corrected chi connectivity index (χ1v) is 10.7. The second-order valence-corrected chi connectivity index (χ2v) is 8.88. The molecule has 0 spiro atoms. The van der Waals surface area contributed by atoms with E-state index in [1.165, 1.54) is 12.0 Å². The van der Waals surface area contributed by atoms with Crippen molar-refractivity contribution in [2.45, 2.75) is 31.5 Å². The minimum Gasteiger partial charge on any atom is -0.382 e. The molecule has 4 heterocycles. The monoisotopic (exact) mass is 385 g/mol. The molecule has 0 radical (unpaired) electrons. The summed E-state index contributed by atoms with van der Waals surface area (Å²) in [6, 6.07) is 21.2. The van der Waals surface area contributed by atoms with E-state index in [0.29, 0.717) is 11.8 Å². The van der Waals surface area contributed by atoms with Gasteiger partial charge in [-0.1, -0.05) is 54.6 Å². The molecular formula is C26H29N2O+. The highest BCUT2D eigenvalue weighted by Crippen LogP contribution is 2.47. The third kappa shape index (κ3) is 3.19. The SMILES string of the molecule is C=CC1C[N+]2(Cc3ccccc3)CCC1CC2C(O)c1ccnc2ccccc12. The fourth-order valence-electron chi connectivity index (χ4n) is 5.91. The number of fused-ring (bicyclic) bond motifs is 4. The predicted molar refractivity (Wildman–Crippen MR) is 117 cm³/mol. The van der Waals surface area contributed by atoms with Crippen molar-refractivity contribution in [3.05, 3.63) is 90.6 Å². The fraction of sp³-hybridized carbons (Fsp3) is 0.346. The van der Waals surface area contributed by atoms with E-state index in [1.807, 2.05) is 30.5 Å². The van der Waals surface area contributed by atoms with Crippen LogP contribution in [-0.4, -0.2) is 33.7 Å². The van der Waals surface area contributed by atoms with Crippen molar-refractivity contribution in [2.24, 2.45) is 11.8 Å². The highest BCUT2D eigenvalue weighted by molar-refractivity contribution is 5.82. The molecule has 3 aliphatic heterocycles. The molecule has 5 atom stereocenters. The first kappa shape index (κ1) is 18.5. The van der Waals surface area contributed by atoms with Crippen LogP contribution in [0.3, 0.4) is 0 Å². The molecule has 2 bridgehead atoms. The van der Waals surface area contributed by atoms with Crippen LogP contribution in [0.2, 0.25) is 0 Å². The third-order valence-electron chi connectivity index (χ3n) is 7.38. The van der Waals surface area contributed by atoms with Gasteiger partial charge in [0, 0.05) is 35.9 Å². The number of quaternary nitrogens is 1. The Morgan fingerprint density at radius 1 is 1.10 bits per heavy atom. The molecule has 3 heteroatoms. The Labute approximate surface area is 172 Å². The zero-order chi connectivity index (χ0) is 19.8. The minimum absolute atomic E-state index is 0.205. The summed E-state index contributed by atoms with van der Waals surface area (Å²) in [6.07, 6.45) is 5.79. The van der Waals surface area contributed by atoms with Crippen LogP contribution in [-0.2, 0) is 6.54 Å².